The van der Waals surface area contributed by atoms with Crippen molar-refractivity contribution < 1.29 is 18.0 Å². The third-order valence-electron chi connectivity index (χ3n) is 5.25. The Kier molecular flexibility index (Phi) is 4.63. The van der Waals surface area contributed by atoms with Gasteiger partial charge in [-0.25, -0.2) is 9.97 Å². The summed E-state index contributed by atoms with van der Waals surface area (Å²) >= 11 is 0. The highest BCUT2D eigenvalue weighted by Crippen LogP contribution is 2.26. The van der Waals surface area contributed by atoms with Crippen LogP contribution in [-0.2, 0) is 4.79 Å². The van der Waals surface area contributed by atoms with Crippen LogP contribution in [0.15, 0.2) is 30.7 Å². The maximum atomic E-state index is 12.6. The number of amides is 1. The van der Waals surface area contributed by atoms with Crippen LogP contribution in [0.2, 0.25) is 0 Å². The summed E-state index contributed by atoms with van der Waals surface area (Å²) in [6.07, 6.45) is -0.596. The molecule has 9 heteroatoms. The van der Waals surface area contributed by atoms with E-state index in [2.05, 4.69) is 14.9 Å². The van der Waals surface area contributed by atoms with E-state index in [4.69, 9.17) is 0 Å². The molecular formula is C18H20F3N5O. The van der Waals surface area contributed by atoms with Gasteiger partial charge in [0, 0.05) is 50.0 Å². The van der Waals surface area contributed by atoms with Crippen LogP contribution in [0.25, 0.3) is 10.9 Å². The fraction of sp³-hybridized carbons (Fsp3) is 0.500. The Morgan fingerprint density at radius 1 is 1.11 bits per heavy atom. The van der Waals surface area contributed by atoms with E-state index in [-0.39, 0.29) is 6.54 Å². The van der Waals surface area contributed by atoms with Gasteiger partial charge in [0.25, 0.3) is 0 Å². The maximum absolute atomic E-state index is 12.6. The Bertz CT molecular complexity index is 835. The standard InChI is InChI=1S/C18H20F3N5O/c19-18(20,21)11-26-4-3-16(17(26)27)25-7-5-24(6-8-25)14-1-2-15-13(9-14)10-22-12-23-15/h1-2,9-10,12,16H,3-8,11H2. The lowest BCUT2D eigenvalue weighted by atomic mass is 10.1. The molecule has 0 aliphatic carbocycles. The van der Waals surface area contributed by atoms with Crippen LogP contribution in [-0.4, -0.2) is 77.2 Å². The summed E-state index contributed by atoms with van der Waals surface area (Å²) in [6, 6.07) is 5.57. The number of likely N-dealkylation sites (tertiary alicyclic amines) is 1. The van der Waals surface area contributed by atoms with Crippen molar-refractivity contribution in [3.63, 3.8) is 0 Å². The highest BCUT2D eigenvalue weighted by molar-refractivity contribution is 5.84. The van der Waals surface area contributed by atoms with E-state index in [1.54, 1.807) is 6.20 Å². The quantitative estimate of drug-likeness (QED) is 0.816. The number of anilines is 1. The number of alkyl halides is 3. The number of halogens is 3. The van der Waals surface area contributed by atoms with Crippen molar-refractivity contribution in [1.82, 2.24) is 19.8 Å². The molecule has 3 heterocycles. The molecule has 1 aromatic heterocycles. The third-order valence-corrected chi connectivity index (χ3v) is 5.25. The highest BCUT2D eigenvalue weighted by Gasteiger charge is 2.41. The van der Waals surface area contributed by atoms with Crippen LogP contribution in [0.4, 0.5) is 18.9 Å². The average Bonchev–Trinajstić information content (AvgIpc) is 3.00. The van der Waals surface area contributed by atoms with Gasteiger partial charge in [-0.1, -0.05) is 0 Å². The summed E-state index contributed by atoms with van der Waals surface area (Å²) in [4.78, 5) is 25.8. The molecule has 2 aromatic rings. The van der Waals surface area contributed by atoms with Gasteiger partial charge >= 0.3 is 6.18 Å². The molecule has 2 saturated heterocycles. The van der Waals surface area contributed by atoms with Gasteiger partial charge in [-0.3, -0.25) is 9.69 Å². The zero-order valence-electron chi connectivity index (χ0n) is 14.7. The van der Waals surface area contributed by atoms with Gasteiger partial charge in [0.2, 0.25) is 5.91 Å². The van der Waals surface area contributed by atoms with E-state index in [1.165, 1.54) is 6.33 Å². The van der Waals surface area contributed by atoms with Crippen molar-refractivity contribution in [2.75, 3.05) is 44.2 Å². The summed E-state index contributed by atoms with van der Waals surface area (Å²) in [7, 11) is 0. The van der Waals surface area contributed by atoms with E-state index >= 15 is 0 Å². The van der Waals surface area contributed by atoms with Crippen LogP contribution in [0.3, 0.4) is 0 Å². The number of carbonyl (C=O) groups excluding carboxylic acids is 1. The van der Waals surface area contributed by atoms with Gasteiger partial charge in [0.15, 0.2) is 0 Å². The van der Waals surface area contributed by atoms with E-state index in [1.807, 2.05) is 23.1 Å². The number of hydrogen-bond acceptors (Lipinski definition) is 5. The molecular weight excluding hydrogens is 359 g/mol. The molecule has 0 N–H and O–H groups in total. The molecule has 0 radical (unpaired) electrons. The first kappa shape index (κ1) is 18.0. The summed E-state index contributed by atoms with van der Waals surface area (Å²) in [5.74, 6) is -0.399. The van der Waals surface area contributed by atoms with E-state index in [0.29, 0.717) is 19.5 Å². The molecule has 144 valence electrons. The number of hydrogen-bond donors (Lipinski definition) is 0. The molecule has 27 heavy (non-hydrogen) atoms. The molecule has 1 amide bonds. The van der Waals surface area contributed by atoms with Gasteiger partial charge < -0.3 is 9.80 Å². The highest BCUT2D eigenvalue weighted by atomic mass is 19.4. The second-order valence-electron chi connectivity index (χ2n) is 6.97. The van der Waals surface area contributed by atoms with Crippen LogP contribution in [0.5, 0.6) is 0 Å². The zero-order valence-corrected chi connectivity index (χ0v) is 14.7. The lowest BCUT2D eigenvalue weighted by molar-refractivity contribution is -0.159. The van der Waals surface area contributed by atoms with Crippen LogP contribution in [0.1, 0.15) is 6.42 Å². The van der Waals surface area contributed by atoms with E-state index in [0.717, 1.165) is 34.6 Å². The number of rotatable bonds is 3. The molecule has 0 spiro atoms. The van der Waals surface area contributed by atoms with E-state index in [9.17, 15) is 18.0 Å². The predicted octanol–water partition coefficient (Wildman–Crippen LogP) is 1.91. The Balaban J connectivity index is 1.38. The van der Waals surface area contributed by atoms with Crippen molar-refractivity contribution in [1.29, 1.82) is 0 Å². The molecule has 1 atom stereocenters. The molecule has 2 aliphatic rings. The Labute approximate surface area is 154 Å². The molecule has 1 aromatic carbocycles. The monoisotopic (exact) mass is 379 g/mol. The minimum atomic E-state index is -4.34. The van der Waals surface area contributed by atoms with Gasteiger partial charge in [-0.15, -0.1) is 0 Å². The van der Waals surface area contributed by atoms with Gasteiger partial charge in [-0.2, -0.15) is 13.2 Å². The Hall–Kier alpha value is -2.42. The van der Waals surface area contributed by atoms with Crippen molar-refractivity contribution in [3.05, 3.63) is 30.7 Å². The first-order valence-corrected chi connectivity index (χ1v) is 8.95. The van der Waals surface area contributed by atoms with Crippen molar-refractivity contribution in [2.45, 2.75) is 18.6 Å². The summed E-state index contributed by atoms with van der Waals surface area (Å²) in [5, 5.41) is 0.964. The fourth-order valence-electron chi connectivity index (χ4n) is 3.90. The summed E-state index contributed by atoms with van der Waals surface area (Å²) < 4.78 is 37.7. The molecule has 2 fully saturated rings. The van der Waals surface area contributed by atoms with Gasteiger partial charge in [0.05, 0.1) is 11.6 Å². The number of carbonyl (C=O) groups is 1. The molecule has 6 nitrogen and oxygen atoms in total. The smallest absolute Gasteiger partial charge is 0.369 e. The second-order valence-corrected chi connectivity index (χ2v) is 6.97. The van der Waals surface area contributed by atoms with Gasteiger partial charge in [0.1, 0.15) is 12.9 Å². The van der Waals surface area contributed by atoms with E-state index < -0.39 is 24.7 Å². The molecule has 1 unspecified atom stereocenters. The molecule has 2 aliphatic heterocycles. The van der Waals surface area contributed by atoms with Crippen molar-refractivity contribution >= 4 is 22.5 Å². The molecule has 0 saturated carbocycles. The van der Waals surface area contributed by atoms with Crippen LogP contribution in [0, 0.1) is 0 Å². The lowest BCUT2D eigenvalue weighted by Gasteiger charge is -2.38. The SMILES string of the molecule is O=C1C(N2CCN(c3ccc4ncncc4c3)CC2)CCN1CC(F)(F)F. The van der Waals surface area contributed by atoms with Crippen LogP contribution < -0.4 is 4.90 Å². The maximum Gasteiger partial charge on any atom is 0.406 e. The first-order chi connectivity index (χ1) is 12.9. The predicted molar refractivity (Wildman–Crippen MR) is 94.4 cm³/mol. The summed E-state index contributed by atoms with van der Waals surface area (Å²) in [5.41, 5.74) is 1.95. The largest absolute Gasteiger partial charge is 0.406 e. The minimum Gasteiger partial charge on any atom is -0.369 e. The molecule has 0 bridgehead atoms. The first-order valence-electron chi connectivity index (χ1n) is 8.95. The Morgan fingerprint density at radius 3 is 2.63 bits per heavy atom. The second kappa shape index (κ2) is 6.95. The zero-order chi connectivity index (χ0) is 19.0. The number of fused-ring (bicyclic) bond motifs is 1. The number of nitrogens with zero attached hydrogens (tertiary/aromatic N) is 5. The molecule has 4 rings (SSSR count). The number of aromatic nitrogens is 2. The Morgan fingerprint density at radius 2 is 1.89 bits per heavy atom. The van der Waals surface area contributed by atoms with Crippen LogP contribution >= 0.6 is 0 Å². The lowest BCUT2D eigenvalue weighted by Crippen LogP contribution is -2.53. The average molecular weight is 379 g/mol. The number of benzene rings is 1. The number of piperazine rings is 1. The van der Waals surface area contributed by atoms with Gasteiger partial charge in [-0.05, 0) is 24.6 Å². The topological polar surface area (TPSA) is 52.6 Å². The minimum absolute atomic E-state index is 0.175. The van der Waals surface area contributed by atoms with Crippen molar-refractivity contribution in [2.24, 2.45) is 0 Å². The van der Waals surface area contributed by atoms with Crippen molar-refractivity contribution in [3.8, 4) is 0 Å². The normalized spacial score (nSPS) is 22.0. The fourth-order valence-corrected chi connectivity index (χ4v) is 3.90. The third kappa shape index (κ3) is 3.83. The summed E-state index contributed by atoms with van der Waals surface area (Å²) in [6.45, 7) is 1.78.